The highest BCUT2D eigenvalue weighted by Crippen LogP contribution is 2.15. The van der Waals surface area contributed by atoms with E-state index in [9.17, 15) is 9.59 Å². The van der Waals surface area contributed by atoms with E-state index in [2.05, 4.69) is 24.5 Å². The predicted molar refractivity (Wildman–Crippen MR) is 205 cm³/mol. The standard InChI is InChI=1S/C40H81N3O2.ClH/c1-3-5-7-9-11-13-15-16-17-18-19-20-21-22-23-24-26-28-30-35-39(44)43-38(34-31-32-36-41)40(45)42-37-33-29-27-25-14-12-10-8-6-4-2;/h38H,3-37,41H2,1-2H3,(H,42,45)(H,43,44);1H/t38-;/m0./s1. The van der Waals surface area contributed by atoms with E-state index in [1.54, 1.807) is 0 Å². The van der Waals surface area contributed by atoms with Gasteiger partial charge in [0.05, 0.1) is 0 Å². The van der Waals surface area contributed by atoms with E-state index in [0.717, 1.165) is 32.1 Å². The second-order valence-corrected chi connectivity index (χ2v) is 14.0. The van der Waals surface area contributed by atoms with Crippen LogP contribution in [0, 0.1) is 0 Å². The molecule has 0 aromatic carbocycles. The van der Waals surface area contributed by atoms with Gasteiger partial charge in [-0.05, 0) is 38.6 Å². The first-order chi connectivity index (χ1) is 22.2. The van der Waals surface area contributed by atoms with Crippen molar-refractivity contribution in [2.75, 3.05) is 13.1 Å². The van der Waals surface area contributed by atoms with Crippen LogP contribution in [-0.4, -0.2) is 30.9 Å². The van der Waals surface area contributed by atoms with Gasteiger partial charge in [-0.15, -0.1) is 12.4 Å². The first-order valence-corrected chi connectivity index (χ1v) is 20.4. The van der Waals surface area contributed by atoms with Crippen molar-refractivity contribution >= 4 is 24.2 Å². The van der Waals surface area contributed by atoms with Gasteiger partial charge >= 0.3 is 0 Å². The van der Waals surface area contributed by atoms with E-state index in [-0.39, 0.29) is 24.2 Å². The summed E-state index contributed by atoms with van der Waals surface area (Å²) in [5, 5.41) is 6.12. The molecule has 0 aromatic rings. The van der Waals surface area contributed by atoms with Crippen LogP contribution in [-0.2, 0) is 9.59 Å². The molecule has 276 valence electrons. The molecule has 1 atom stereocenters. The minimum Gasteiger partial charge on any atom is -0.354 e. The maximum absolute atomic E-state index is 12.8. The Morgan fingerprint density at radius 1 is 0.478 bits per heavy atom. The van der Waals surface area contributed by atoms with Crippen LogP contribution >= 0.6 is 12.4 Å². The minimum atomic E-state index is -0.424. The molecule has 0 fully saturated rings. The van der Waals surface area contributed by atoms with Crippen molar-refractivity contribution in [2.24, 2.45) is 5.73 Å². The molecular weight excluding hydrogens is 590 g/mol. The molecule has 0 saturated heterocycles. The molecule has 0 unspecified atom stereocenters. The largest absolute Gasteiger partial charge is 0.354 e. The van der Waals surface area contributed by atoms with Gasteiger partial charge in [-0.1, -0.05) is 187 Å². The fourth-order valence-electron chi connectivity index (χ4n) is 6.34. The highest BCUT2D eigenvalue weighted by atomic mass is 35.5. The molecule has 5 nitrogen and oxygen atoms in total. The molecule has 0 radical (unpaired) electrons. The van der Waals surface area contributed by atoms with Gasteiger partial charge in [0.25, 0.3) is 0 Å². The van der Waals surface area contributed by atoms with Crippen molar-refractivity contribution in [3.05, 3.63) is 0 Å². The Morgan fingerprint density at radius 3 is 1.20 bits per heavy atom. The van der Waals surface area contributed by atoms with Crippen molar-refractivity contribution in [3.8, 4) is 0 Å². The maximum atomic E-state index is 12.8. The quantitative estimate of drug-likeness (QED) is 0.0574. The van der Waals surface area contributed by atoms with Gasteiger partial charge in [-0.25, -0.2) is 0 Å². The first-order valence-electron chi connectivity index (χ1n) is 20.4. The lowest BCUT2D eigenvalue weighted by molar-refractivity contribution is -0.129. The molecule has 2 amide bonds. The summed E-state index contributed by atoms with van der Waals surface area (Å²) >= 11 is 0. The number of hydrogen-bond donors (Lipinski definition) is 3. The Morgan fingerprint density at radius 2 is 0.826 bits per heavy atom. The van der Waals surface area contributed by atoms with Gasteiger partial charge in [-0.2, -0.15) is 0 Å². The molecule has 0 saturated carbocycles. The Kier molecular flexibility index (Phi) is 41.5. The third-order valence-electron chi connectivity index (χ3n) is 9.44. The lowest BCUT2D eigenvalue weighted by Crippen LogP contribution is -2.47. The van der Waals surface area contributed by atoms with Gasteiger partial charge in [0, 0.05) is 13.0 Å². The Labute approximate surface area is 294 Å². The average molecular weight is 673 g/mol. The zero-order valence-corrected chi connectivity index (χ0v) is 31.9. The topological polar surface area (TPSA) is 84.2 Å². The summed E-state index contributed by atoms with van der Waals surface area (Å²) in [4.78, 5) is 25.4. The molecule has 0 aliphatic heterocycles. The maximum Gasteiger partial charge on any atom is 0.242 e. The summed E-state index contributed by atoms with van der Waals surface area (Å²) in [6, 6.07) is -0.424. The molecule has 0 spiro atoms. The van der Waals surface area contributed by atoms with Crippen LogP contribution < -0.4 is 16.4 Å². The van der Waals surface area contributed by atoms with E-state index in [1.807, 2.05) is 0 Å². The van der Waals surface area contributed by atoms with Gasteiger partial charge in [-0.3, -0.25) is 9.59 Å². The van der Waals surface area contributed by atoms with Crippen LogP contribution in [0.25, 0.3) is 0 Å². The molecule has 46 heavy (non-hydrogen) atoms. The molecule has 6 heteroatoms. The molecule has 0 aromatic heterocycles. The van der Waals surface area contributed by atoms with E-state index in [0.29, 0.717) is 25.9 Å². The number of unbranched alkanes of at least 4 members (excludes halogenated alkanes) is 28. The number of rotatable bonds is 37. The fourth-order valence-corrected chi connectivity index (χ4v) is 6.34. The number of carbonyl (C=O) groups excluding carboxylic acids is 2. The predicted octanol–water partition coefficient (Wildman–Crippen LogP) is 11.9. The Bertz CT molecular complexity index is 619. The molecule has 0 rings (SSSR count). The normalized spacial score (nSPS) is 11.7. The van der Waals surface area contributed by atoms with Gasteiger partial charge < -0.3 is 16.4 Å². The van der Waals surface area contributed by atoms with Crippen molar-refractivity contribution in [1.29, 1.82) is 0 Å². The fraction of sp³-hybridized carbons (Fsp3) is 0.950. The lowest BCUT2D eigenvalue weighted by Gasteiger charge is -2.18. The van der Waals surface area contributed by atoms with Crippen molar-refractivity contribution in [2.45, 2.75) is 232 Å². The van der Waals surface area contributed by atoms with Crippen LogP contribution in [0.2, 0.25) is 0 Å². The van der Waals surface area contributed by atoms with Crippen molar-refractivity contribution < 1.29 is 9.59 Å². The minimum absolute atomic E-state index is 0. The number of hydrogen-bond acceptors (Lipinski definition) is 3. The average Bonchev–Trinajstić information content (AvgIpc) is 3.04. The third-order valence-corrected chi connectivity index (χ3v) is 9.44. The first kappa shape index (κ1) is 47.3. The monoisotopic (exact) mass is 672 g/mol. The summed E-state index contributed by atoms with van der Waals surface area (Å²) in [5.74, 6) is -0.00160. The van der Waals surface area contributed by atoms with E-state index in [4.69, 9.17) is 5.73 Å². The van der Waals surface area contributed by atoms with Crippen LogP contribution in [0.4, 0.5) is 0 Å². The Balaban J connectivity index is 0. The second kappa shape index (κ2) is 40.4. The van der Waals surface area contributed by atoms with Crippen molar-refractivity contribution in [1.82, 2.24) is 10.6 Å². The smallest absolute Gasteiger partial charge is 0.242 e. The highest BCUT2D eigenvalue weighted by Gasteiger charge is 2.19. The zero-order chi connectivity index (χ0) is 32.9. The van der Waals surface area contributed by atoms with E-state index < -0.39 is 6.04 Å². The third kappa shape index (κ3) is 36.0. The van der Waals surface area contributed by atoms with Gasteiger partial charge in [0.2, 0.25) is 11.8 Å². The molecular formula is C40H82ClN3O2. The zero-order valence-electron chi connectivity index (χ0n) is 31.1. The summed E-state index contributed by atoms with van der Waals surface area (Å²) in [5.41, 5.74) is 5.67. The SMILES string of the molecule is CCCCCCCCCCCCCCCCCCCCCC(=O)N[C@@H](CCCCN)C(=O)NCCCCCCCCCCCC.Cl. The summed E-state index contributed by atoms with van der Waals surface area (Å²) < 4.78 is 0. The number of amides is 2. The molecule has 0 aliphatic carbocycles. The van der Waals surface area contributed by atoms with E-state index in [1.165, 1.54) is 167 Å². The van der Waals surface area contributed by atoms with Gasteiger partial charge in [0.1, 0.15) is 6.04 Å². The van der Waals surface area contributed by atoms with Crippen molar-refractivity contribution in [3.63, 3.8) is 0 Å². The van der Waals surface area contributed by atoms with Crippen LogP contribution in [0.5, 0.6) is 0 Å². The molecule has 4 N–H and O–H groups in total. The molecule has 0 heterocycles. The molecule has 0 aliphatic rings. The highest BCUT2D eigenvalue weighted by molar-refractivity contribution is 5.87. The van der Waals surface area contributed by atoms with E-state index >= 15 is 0 Å². The summed E-state index contributed by atoms with van der Waals surface area (Å²) in [7, 11) is 0. The number of nitrogens with two attached hydrogens (primary N) is 1. The number of halogens is 1. The van der Waals surface area contributed by atoms with Crippen LogP contribution in [0.1, 0.15) is 226 Å². The summed E-state index contributed by atoms with van der Waals surface area (Å²) in [6.07, 6.45) is 41.5. The number of carbonyl (C=O) groups is 2. The Hall–Kier alpha value is -0.810. The van der Waals surface area contributed by atoms with Crippen LogP contribution in [0.15, 0.2) is 0 Å². The van der Waals surface area contributed by atoms with Crippen LogP contribution in [0.3, 0.4) is 0 Å². The summed E-state index contributed by atoms with van der Waals surface area (Å²) in [6.45, 7) is 5.88. The molecule has 0 bridgehead atoms. The second-order valence-electron chi connectivity index (χ2n) is 14.0. The van der Waals surface area contributed by atoms with Gasteiger partial charge in [0.15, 0.2) is 0 Å². The lowest BCUT2D eigenvalue weighted by atomic mass is 10.0. The number of nitrogens with one attached hydrogen (secondary N) is 2.